The van der Waals surface area contributed by atoms with Crippen molar-refractivity contribution in [1.29, 1.82) is 0 Å². The van der Waals surface area contributed by atoms with Crippen molar-refractivity contribution in [2.24, 2.45) is 5.92 Å². The quantitative estimate of drug-likeness (QED) is 0.797. The number of anilines is 1. The highest BCUT2D eigenvalue weighted by Crippen LogP contribution is 2.23. The lowest BCUT2D eigenvalue weighted by Gasteiger charge is -2.27. The Balaban J connectivity index is 1.40. The number of carbonyl (C=O) groups is 1. The van der Waals surface area contributed by atoms with Gasteiger partial charge in [0.05, 0.1) is 6.10 Å². The van der Waals surface area contributed by atoms with Gasteiger partial charge < -0.3 is 20.6 Å². The zero-order chi connectivity index (χ0) is 16.1. The fourth-order valence-electron chi connectivity index (χ4n) is 3.64. The summed E-state index contributed by atoms with van der Waals surface area (Å²) in [6.45, 7) is 2.39. The van der Waals surface area contributed by atoms with Crippen molar-refractivity contribution in [1.82, 2.24) is 10.6 Å². The maximum atomic E-state index is 12.1. The molecule has 3 unspecified atom stereocenters. The second-order valence-electron chi connectivity index (χ2n) is 6.73. The van der Waals surface area contributed by atoms with Crippen LogP contribution in [0.5, 0.6) is 0 Å². The lowest BCUT2D eigenvalue weighted by molar-refractivity contribution is 0.0708. The molecule has 2 aliphatic rings. The molecule has 1 saturated heterocycles. The summed E-state index contributed by atoms with van der Waals surface area (Å²) in [5, 5.41) is 15.9. The van der Waals surface area contributed by atoms with Gasteiger partial charge in [-0.1, -0.05) is 31.0 Å². The van der Waals surface area contributed by atoms with E-state index in [1.54, 1.807) is 0 Å². The Bertz CT molecular complexity index is 508. The average Bonchev–Trinajstić information content (AvgIpc) is 3.03. The number of aliphatic hydroxyl groups excluding tert-OH is 1. The van der Waals surface area contributed by atoms with E-state index in [1.165, 1.54) is 5.69 Å². The topological polar surface area (TPSA) is 64.6 Å². The smallest absolute Gasteiger partial charge is 0.315 e. The van der Waals surface area contributed by atoms with Crippen LogP contribution in [0.4, 0.5) is 10.5 Å². The number of amides is 2. The second kappa shape index (κ2) is 7.68. The Hall–Kier alpha value is -1.75. The Kier molecular flexibility index (Phi) is 5.39. The Morgan fingerprint density at radius 1 is 1.17 bits per heavy atom. The average molecular weight is 317 g/mol. The third-order valence-corrected chi connectivity index (χ3v) is 5.04. The number of hydrogen-bond donors (Lipinski definition) is 3. The van der Waals surface area contributed by atoms with Crippen LogP contribution in [0.2, 0.25) is 0 Å². The lowest BCUT2D eigenvalue weighted by Crippen LogP contribution is -2.46. The van der Waals surface area contributed by atoms with Crippen LogP contribution in [0.15, 0.2) is 30.3 Å². The van der Waals surface area contributed by atoms with Crippen LogP contribution in [0.1, 0.15) is 32.1 Å². The van der Waals surface area contributed by atoms with E-state index in [0.29, 0.717) is 6.54 Å². The van der Waals surface area contributed by atoms with Gasteiger partial charge in [-0.2, -0.15) is 0 Å². The number of carbonyl (C=O) groups excluding carboxylic acids is 1. The number of hydrogen-bond acceptors (Lipinski definition) is 3. The molecule has 1 aliphatic carbocycles. The van der Waals surface area contributed by atoms with Gasteiger partial charge in [0, 0.05) is 37.3 Å². The molecular weight excluding hydrogens is 290 g/mol. The van der Waals surface area contributed by atoms with Crippen LogP contribution < -0.4 is 15.5 Å². The van der Waals surface area contributed by atoms with Crippen LogP contribution in [-0.2, 0) is 0 Å². The van der Waals surface area contributed by atoms with Crippen molar-refractivity contribution < 1.29 is 9.90 Å². The molecule has 1 aliphatic heterocycles. The molecule has 23 heavy (non-hydrogen) atoms. The molecule has 0 bridgehead atoms. The molecule has 3 N–H and O–H groups in total. The van der Waals surface area contributed by atoms with E-state index < -0.39 is 0 Å². The maximum absolute atomic E-state index is 12.1. The predicted octanol–water partition coefficient (Wildman–Crippen LogP) is 2.12. The Morgan fingerprint density at radius 3 is 2.74 bits per heavy atom. The van der Waals surface area contributed by atoms with E-state index in [-0.39, 0.29) is 24.1 Å². The van der Waals surface area contributed by atoms with E-state index >= 15 is 0 Å². The molecule has 1 saturated carbocycles. The highest BCUT2D eigenvalue weighted by Gasteiger charge is 2.26. The molecule has 2 fully saturated rings. The number of nitrogens with one attached hydrogen (secondary N) is 2. The highest BCUT2D eigenvalue weighted by molar-refractivity contribution is 5.74. The van der Waals surface area contributed by atoms with Gasteiger partial charge in [-0.05, 0) is 31.4 Å². The molecule has 1 aromatic rings. The molecule has 3 rings (SSSR count). The molecule has 0 spiro atoms. The van der Waals surface area contributed by atoms with Crippen molar-refractivity contribution in [3.05, 3.63) is 30.3 Å². The van der Waals surface area contributed by atoms with Crippen LogP contribution in [-0.4, -0.2) is 42.9 Å². The first-order valence-electron chi connectivity index (χ1n) is 8.75. The summed E-state index contributed by atoms with van der Waals surface area (Å²) >= 11 is 0. The summed E-state index contributed by atoms with van der Waals surface area (Å²) in [5.41, 5.74) is 1.21. The van der Waals surface area contributed by atoms with Gasteiger partial charge in [0.15, 0.2) is 0 Å². The van der Waals surface area contributed by atoms with Gasteiger partial charge in [0.1, 0.15) is 0 Å². The van der Waals surface area contributed by atoms with Crippen molar-refractivity contribution in [2.45, 2.75) is 44.2 Å². The number of aliphatic hydroxyl groups is 1. The van der Waals surface area contributed by atoms with Crippen molar-refractivity contribution >= 4 is 11.7 Å². The summed E-state index contributed by atoms with van der Waals surface area (Å²) in [6, 6.07) is 10.4. The minimum Gasteiger partial charge on any atom is -0.393 e. The first-order chi connectivity index (χ1) is 11.2. The van der Waals surface area contributed by atoms with Crippen molar-refractivity contribution in [3.63, 3.8) is 0 Å². The molecular formula is C18H27N3O2. The summed E-state index contributed by atoms with van der Waals surface area (Å²) < 4.78 is 0. The summed E-state index contributed by atoms with van der Waals surface area (Å²) in [7, 11) is 0. The van der Waals surface area contributed by atoms with E-state index in [2.05, 4.69) is 27.7 Å². The van der Waals surface area contributed by atoms with Gasteiger partial charge >= 0.3 is 6.03 Å². The maximum Gasteiger partial charge on any atom is 0.315 e. The van der Waals surface area contributed by atoms with Crippen molar-refractivity contribution in [3.8, 4) is 0 Å². The van der Waals surface area contributed by atoms with Crippen LogP contribution in [0, 0.1) is 5.92 Å². The van der Waals surface area contributed by atoms with Gasteiger partial charge in [-0.25, -0.2) is 4.79 Å². The zero-order valence-corrected chi connectivity index (χ0v) is 13.6. The lowest BCUT2D eigenvalue weighted by atomic mass is 9.86. The van der Waals surface area contributed by atoms with E-state index in [9.17, 15) is 9.90 Å². The number of benzene rings is 1. The standard InChI is InChI=1S/C18H27N3O2/c22-17-9-5-4-6-14(17)12-19-18(23)20-15-10-11-21(13-15)16-7-2-1-3-8-16/h1-3,7-8,14-15,17,22H,4-6,9-13H2,(H2,19,20,23). The van der Waals surface area contributed by atoms with Crippen LogP contribution >= 0.6 is 0 Å². The molecule has 126 valence electrons. The molecule has 5 heteroatoms. The Labute approximate surface area is 138 Å². The van der Waals surface area contributed by atoms with E-state index in [0.717, 1.165) is 45.2 Å². The summed E-state index contributed by atoms with van der Waals surface area (Å²) in [4.78, 5) is 14.4. The first-order valence-corrected chi connectivity index (χ1v) is 8.75. The number of para-hydroxylation sites is 1. The van der Waals surface area contributed by atoms with Crippen LogP contribution in [0.25, 0.3) is 0 Å². The van der Waals surface area contributed by atoms with Gasteiger partial charge in [0.2, 0.25) is 0 Å². The highest BCUT2D eigenvalue weighted by atomic mass is 16.3. The van der Waals surface area contributed by atoms with Gasteiger partial charge in [-0.3, -0.25) is 0 Å². The molecule has 1 heterocycles. The molecule has 0 aromatic heterocycles. The fourth-order valence-corrected chi connectivity index (χ4v) is 3.64. The normalized spacial score (nSPS) is 27.7. The van der Waals surface area contributed by atoms with E-state index in [4.69, 9.17) is 0 Å². The molecule has 1 aromatic carbocycles. The second-order valence-corrected chi connectivity index (χ2v) is 6.73. The molecule has 5 nitrogen and oxygen atoms in total. The van der Waals surface area contributed by atoms with Crippen LogP contribution in [0.3, 0.4) is 0 Å². The zero-order valence-electron chi connectivity index (χ0n) is 13.6. The van der Waals surface area contributed by atoms with Crippen molar-refractivity contribution in [2.75, 3.05) is 24.5 Å². The number of nitrogens with zero attached hydrogens (tertiary/aromatic N) is 1. The van der Waals surface area contributed by atoms with E-state index in [1.807, 2.05) is 18.2 Å². The van der Waals surface area contributed by atoms with Gasteiger partial charge in [-0.15, -0.1) is 0 Å². The third kappa shape index (κ3) is 4.38. The SMILES string of the molecule is O=C(NCC1CCCCC1O)NC1CCN(c2ccccc2)C1. The predicted molar refractivity (Wildman–Crippen MR) is 91.6 cm³/mol. The number of urea groups is 1. The molecule has 2 amide bonds. The molecule has 3 atom stereocenters. The molecule has 0 radical (unpaired) electrons. The minimum absolute atomic E-state index is 0.109. The monoisotopic (exact) mass is 317 g/mol. The van der Waals surface area contributed by atoms with Gasteiger partial charge in [0.25, 0.3) is 0 Å². The minimum atomic E-state index is -0.260. The fraction of sp³-hybridized carbons (Fsp3) is 0.611. The number of rotatable bonds is 4. The third-order valence-electron chi connectivity index (χ3n) is 5.04. The Morgan fingerprint density at radius 2 is 1.96 bits per heavy atom. The summed E-state index contributed by atoms with van der Waals surface area (Å²) in [6.07, 6.45) is 4.83. The largest absolute Gasteiger partial charge is 0.393 e. The summed E-state index contributed by atoms with van der Waals surface area (Å²) in [5.74, 6) is 0.207. The first kappa shape index (κ1) is 16.1.